The summed E-state index contributed by atoms with van der Waals surface area (Å²) in [7, 11) is 0. The monoisotopic (exact) mass is 190 g/mol. The standard InChI is InChI=1S/C14H22/c1-10-7-8-14(4)12(3)11(2)5-6-13(14)9-10/h9,11-12H,1,5-8H2,2-4H3/t11?,12?,14-/m1/s1. The lowest BCUT2D eigenvalue weighted by molar-refractivity contribution is 0.125. The largest absolute Gasteiger partial charge is 0.0958 e. The van der Waals surface area contributed by atoms with Crippen LogP contribution in [-0.2, 0) is 0 Å². The minimum absolute atomic E-state index is 0.485. The van der Waals surface area contributed by atoms with Crippen molar-refractivity contribution in [3.63, 3.8) is 0 Å². The van der Waals surface area contributed by atoms with Crippen molar-refractivity contribution in [1.82, 2.24) is 0 Å². The van der Waals surface area contributed by atoms with Crippen LogP contribution in [0.25, 0.3) is 0 Å². The molecule has 0 radical (unpaired) electrons. The van der Waals surface area contributed by atoms with Crippen molar-refractivity contribution >= 4 is 0 Å². The molecular weight excluding hydrogens is 168 g/mol. The lowest BCUT2D eigenvalue weighted by Crippen LogP contribution is -2.37. The third-order valence-corrected chi connectivity index (χ3v) is 4.80. The van der Waals surface area contributed by atoms with Gasteiger partial charge in [0, 0.05) is 0 Å². The van der Waals surface area contributed by atoms with Crippen molar-refractivity contribution < 1.29 is 0 Å². The van der Waals surface area contributed by atoms with Crippen LogP contribution in [-0.4, -0.2) is 0 Å². The van der Waals surface area contributed by atoms with Gasteiger partial charge in [0.05, 0.1) is 0 Å². The van der Waals surface area contributed by atoms with Gasteiger partial charge in [-0.3, -0.25) is 0 Å². The van der Waals surface area contributed by atoms with E-state index in [-0.39, 0.29) is 0 Å². The SMILES string of the molecule is C=C1C=C2CCC(C)C(C)[C@@]2(C)CC1. The van der Waals surface area contributed by atoms with Gasteiger partial charge in [0.2, 0.25) is 0 Å². The van der Waals surface area contributed by atoms with Gasteiger partial charge >= 0.3 is 0 Å². The molecule has 0 aromatic heterocycles. The fraction of sp³-hybridized carbons (Fsp3) is 0.714. The Labute approximate surface area is 88.1 Å². The first-order valence-corrected chi connectivity index (χ1v) is 5.93. The van der Waals surface area contributed by atoms with Crippen molar-refractivity contribution in [3.8, 4) is 0 Å². The van der Waals surface area contributed by atoms with Crippen molar-refractivity contribution in [2.45, 2.75) is 46.5 Å². The molecule has 3 atom stereocenters. The summed E-state index contributed by atoms with van der Waals surface area (Å²) >= 11 is 0. The molecule has 14 heavy (non-hydrogen) atoms. The first kappa shape index (κ1) is 10.0. The molecule has 0 bridgehead atoms. The Balaban J connectivity index is 2.34. The molecule has 2 aliphatic carbocycles. The van der Waals surface area contributed by atoms with Gasteiger partial charge in [-0.2, -0.15) is 0 Å². The normalized spacial score (nSPS) is 43.1. The third kappa shape index (κ3) is 1.36. The van der Waals surface area contributed by atoms with Crippen LogP contribution in [0.4, 0.5) is 0 Å². The van der Waals surface area contributed by atoms with Gasteiger partial charge in [0.15, 0.2) is 0 Å². The van der Waals surface area contributed by atoms with Gasteiger partial charge in [0.1, 0.15) is 0 Å². The molecule has 2 aliphatic rings. The fourth-order valence-electron chi connectivity index (χ4n) is 3.20. The molecule has 0 amide bonds. The van der Waals surface area contributed by atoms with E-state index in [0.29, 0.717) is 5.41 Å². The van der Waals surface area contributed by atoms with Gasteiger partial charge in [0.25, 0.3) is 0 Å². The van der Waals surface area contributed by atoms with Crippen LogP contribution < -0.4 is 0 Å². The number of allylic oxidation sites excluding steroid dienone is 3. The summed E-state index contributed by atoms with van der Waals surface area (Å²) in [6.45, 7) is 11.4. The van der Waals surface area contributed by atoms with Crippen LogP contribution in [0, 0.1) is 17.3 Å². The summed E-state index contributed by atoms with van der Waals surface area (Å²) in [5.74, 6) is 1.74. The van der Waals surface area contributed by atoms with E-state index in [2.05, 4.69) is 33.4 Å². The fourth-order valence-corrected chi connectivity index (χ4v) is 3.20. The summed E-state index contributed by atoms with van der Waals surface area (Å²) in [4.78, 5) is 0. The van der Waals surface area contributed by atoms with Gasteiger partial charge < -0.3 is 0 Å². The quantitative estimate of drug-likeness (QED) is 0.533. The molecule has 0 N–H and O–H groups in total. The lowest BCUT2D eigenvalue weighted by atomic mass is 9.57. The minimum Gasteiger partial charge on any atom is -0.0958 e. The summed E-state index contributed by atoms with van der Waals surface area (Å²) in [5, 5.41) is 0. The molecule has 0 aromatic rings. The van der Waals surface area contributed by atoms with E-state index in [4.69, 9.17) is 0 Å². The Bertz CT molecular complexity index is 284. The van der Waals surface area contributed by atoms with Crippen LogP contribution >= 0.6 is 0 Å². The molecule has 0 saturated heterocycles. The van der Waals surface area contributed by atoms with Gasteiger partial charge in [-0.25, -0.2) is 0 Å². The molecule has 0 heteroatoms. The average molecular weight is 190 g/mol. The maximum Gasteiger partial charge on any atom is -0.00819 e. The number of fused-ring (bicyclic) bond motifs is 1. The predicted octanol–water partition coefficient (Wildman–Crippen LogP) is 4.34. The molecule has 0 heterocycles. The van der Waals surface area contributed by atoms with Crippen LogP contribution in [0.15, 0.2) is 23.8 Å². The van der Waals surface area contributed by atoms with Crippen molar-refractivity contribution in [2.75, 3.05) is 0 Å². The number of rotatable bonds is 0. The Hall–Kier alpha value is -0.520. The highest BCUT2D eigenvalue weighted by Crippen LogP contribution is 2.53. The van der Waals surface area contributed by atoms with E-state index in [0.717, 1.165) is 11.8 Å². The molecule has 0 aromatic carbocycles. The Kier molecular flexibility index (Phi) is 2.33. The Morgan fingerprint density at radius 3 is 2.79 bits per heavy atom. The topological polar surface area (TPSA) is 0 Å². The van der Waals surface area contributed by atoms with E-state index in [1.165, 1.54) is 31.3 Å². The summed E-state index contributed by atoms with van der Waals surface area (Å²) < 4.78 is 0. The summed E-state index contributed by atoms with van der Waals surface area (Å²) in [6, 6.07) is 0. The van der Waals surface area contributed by atoms with Crippen molar-refractivity contribution in [3.05, 3.63) is 23.8 Å². The van der Waals surface area contributed by atoms with E-state index >= 15 is 0 Å². The average Bonchev–Trinajstić information content (AvgIpc) is 2.16. The smallest absolute Gasteiger partial charge is 0.00819 e. The lowest BCUT2D eigenvalue weighted by Gasteiger charge is -2.48. The molecule has 0 nitrogen and oxygen atoms in total. The van der Waals surface area contributed by atoms with Crippen molar-refractivity contribution in [1.29, 1.82) is 0 Å². The van der Waals surface area contributed by atoms with E-state index in [1.54, 1.807) is 5.57 Å². The molecule has 1 saturated carbocycles. The van der Waals surface area contributed by atoms with E-state index in [9.17, 15) is 0 Å². The van der Waals surface area contributed by atoms with Crippen LogP contribution in [0.1, 0.15) is 46.5 Å². The summed E-state index contributed by atoms with van der Waals surface area (Å²) in [6.07, 6.45) is 7.59. The highest BCUT2D eigenvalue weighted by molar-refractivity contribution is 5.32. The first-order chi connectivity index (χ1) is 6.54. The zero-order valence-corrected chi connectivity index (χ0v) is 9.77. The first-order valence-electron chi connectivity index (χ1n) is 5.93. The van der Waals surface area contributed by atoms with Crippen molar-refractivity contribution in [2.24, 2.45) is 17.3 Å². The second kappa shape index (κ2) is 3.25. The van der Waals surface area contributed by atoms with Gasteiger partial charge in [-0.1, -0.05) is 44.6 Å². The highest BCUT2D eigenvalue weighted by Gasteiger charge is 2.41. The Morgan fingerprint density at radius 1 is 1.36 bits per heavy atom. The number of hydrogen-bond donors (Lipinski definition) is 0. The third-order valence-electron chi connectivity index (χ3n) is 4.80. The molecule has 2 rings (SSSR count). The van der Waals surface area contributed by atoms with Crippen LogP contribution in [0.2, 0.25) is 0 Å². The van der Waals surface area contributed by atoms with Crippen LogP contribution in [0.5, 0.6) is 0 Å². The Morgan fingerprint density at radius 2 is 2.07 bits per heavy atom. The molecule has 0 spiro atoms. The summed E-state index contributed by atoms with van der Waals surface area (Å²) in [5.41, 5.74) is 3.51. The molecular formula is C14H22. The zero-order valence-electron chi connectivity index (χ0n) is 9.77. The van der Waals surface area contributed by atoms with Crippen LogP contribution in [0.3, 0.4) is 0 Å². The zero-order chi connectivity index (χ0) is 10.3. The minimum atomic E-state index is 0.485. The molecule has 2 unspecified atom stereocenters. The molecule has 78 valence electrons. The van der Waals surface area contributed by atoms with E-state index in [1.807, 2.05) is 0 Å². The maximum atomic E-state index is 4.10. The second-order valence-electron chi connectivity index (χ2n) is 5.55. The second-order valence-corrected chi connectivity index (χ2v) is 5.55. The molecule has 1 fully saturated rings. The molecule has 0 aliphatic heterocycles. The number of hydrogen-bond acceptors (Lipinski definition) is 0. The van der Waals surface area contributed by atoms with Gasteiger partial charge in [-0.05, 0) is 42.9 Å². The van der Waals surface area contributed by atoms with E-state index < -0.39 is 0 Å². The highest BCUT2D eigenvalue weighted by atomic mass is 14.5. The van der Waals surface area contributed by atoms with Gasteiger partial charge in [-0.15, -0.1) is 0 Å². The maximum absolute atomic E-state index is 4.10. The predicted molar refractivity (Wildman–Crippen MR) is 62.1 cm³/mol.